The minimum atomic E-state index is -0.524. The minimum absolute atomic E-state index is 0.0192. The maximum atomic E-state index is 12.9. The number of nitrogens with zero attached hydrogens (tertiary/aromatic N) is 2. The number of carbonyl (C=O) groups excluding carboxylic acids is 2. The fraction of sp³-hybridized carbons (Fsp3) is 0.500. The van der Waals surface area contributed by atoms with Gasteiger partial charge in [0.05, 0.1) is 0 Å². The van der Waals surface area contributed by atoms with Crippen LogP contribution < -0.4 is 0 Å². The van der Waals surface area contributed by atoms with Crippen molar-refractivity contribution in [3.8, 4) is 0 Å². The lowest BCUT2D eigenvalue weighted by Gasteiger charge is -2.40. The van der Waals surface area contributed by atoms with E-state index >= 15 is 0 Å². The predicted molar refractivity (Wildman–Crippen MR) is 99.6 cm³/mol. The molecule has 0 saturated carbocycles. The van der Waals surface area contributed by atoms with Crippen molar-refractivity contribution in [1.82, 2.24) is 9.80 Å². The van der Waals surface area contributed by atoms with Gasteiger partial charge in [-0.15, -0.1) is 0 Å². The fourth-order valence-corrected chi connectivity index (χ4v) is 3.04. The minimum Gasteiger partial charge on any atom is -0.444 e. The first kappa shape index (κ1) is 19.0. The Balaban J connectivity index is 2.11. The molecule has 1 fully saturated rings. The van der Waals surface area contributed by atoms with Crippen molar-refractivity contribution in [2.75, 3.05) is 19.6 Å². The summed E-state index contributed by atoms with van der Waals surface area (Å²) >= 11 is 0. The van der Waals surface area contributed by atoms with Crippen molar-refractivity contribution >= 4 is 18.1 Å². The summed E-state index contributed by atoms with van der Waals surface area (Å²) in [6.07, 6.45) is 1.40. The van der Waals surface area contributed by atoms with E-state index in [9.17, 15) is 9.59 Å². The Bertz CT molecular complexity index is 676. The Hall–Kier alpha value is -2.30. The van der Waals surface area contributed by atoms with Crippen molar-refractivity contribution in [3.63, 3.8) is 0 Å². The van der Waals surface area contributed by atoms with E-state index in [4.69, 9.17) is 4.74 Å². The number of rotatable bonds is 2. The van der Waals surface area contributed by atoms with E-state index in [-0.39, 0.29) is 18.0 Å². The van der Waals surface area contributed by atoms with Crippen LogP contribution in [0.2, 0.25) is 0 Å². The zero-order valence-electron chi connectivity index (χ0n) is 15.8. The van der Waals surface area contributed by atoms with Gasteiger partial charge >= 0.3 is 6.09 Å². The lowest BCUT2D eigenvalue weighted by Crippen LogP contribution is -2.56. The number of carbonyl (C=O) groups is 2. The van der Waals surface area contributed by atoms with Gasteiger partial charge in [-0.2, -0.15) is 0 Å². The molecule has 0 aliphatic carbocycles. The monoisotopic (exact) mass is 344 g/mol. The normalized spacial score (nSPS) is 18.0. The number of ether oxygens (including phenoxy) is 1. The van der Waals surface area contributed by atoms with E-state index in [1.165, 1.54) is 0 Å². The van der Waals surface area contributed by atoms with Crippen LogP contribution >= 0.6 is 0 Å². The van der Waals surface area contributed by atoms with Crippen LogP contribution in [0.25, 0.3) is 6.08 Å². The predicted octanol–water partition coefficient (Wildman–Crippen LogP) is 3.72. The molecule has 0 N–H and O–H groups in total. The van der Waals surface area contributed by atoms with Crippen molar-refractivity contribution in [2.24, 2.45) is 0 Å². The largest absolute Gasteiger partial charge is 0.444 e. The van der Waals surface area contributed by atoms with Crippen molar-refractivity contribution < 1.29 is 14.3 Å². The summed E-state index contributed by atoms with van der Waals surface area (Å²) in [4.78, 5) is 28.7. The summed E-state index contributed by atoms with van der Waals surface area (Å²) in [5, 5.41) is 0. The zero-order chi connectivity index (χ0) is 18.8. The zero-order valence-corrected chi connectivity index (χ0v) is 15.8. The molecular formula is C20H28N2O3. The first-order chi connectivity index (χ1) is 11.6. The van der Waals surface area contributed by atoms with Crippen LogP contribution in [0.4, 0.5) is 4.79 Å². The Morgan fingerprint density at radius 2 is 1.96 bits per heavy atom. The summed E-state index contributed by atoms with van der Waals surface area (Å²) in [6, 6.07) is 5.59. The number of hydrogen-bond donors (Lipinski definition) is 0. The van der Waals surface area contributed by atoms with Gasteiger partial charge in [0.1, 0.15) is 5.60 Å². The van der Waals surface area contributed by atoms with E-state index in [0.29, 0.717) is 25.2 Å². The van der Waals surface area contributed by atoms with Crippen LogP contribution in [0.5, 0.6) is 0 Å². The van der Waals surface area contributed by atoms with Gasteiger partial charge in [-0.1, -0.05) is 24.8 Å². The number of piperazine rings is 1. The van der Waals surface area contributed by atoms with E-state index in [2.05, 4.69) is 6.58 Å². The smallest absolute Gasteiger partial charge is 0.410 e. The molecule has 0 spiro atoms. The van der Waals surface area contributed by atoms with Gasteiger partial charge < -0.3 is 14.5 Å². The molecule has 1 aliphatic heterocycles. The average Bonchev–Trinajstić information content (AvgIpc) is 2.52. The molecule has 1 saturated heterocycles. The third kappa shape index (κ3) is 4.41. The number of amides is 2. The highest BCUT2D eigenvalue weighted by atomic mass is 16.6. The highest BCUT2D eigenvalue weighted by Gasteiger charge is 2.33. The molecule has 1 aromatic rings. The Kier molecular flexibility index (Phi) is 5.55. The van der Waals surface area contributed by atoms with Gasteiger partial charge in [0, 0.05) is 31.2 Å². The van der Waals surface area contributed by atoms with E-state index in [1.807, 2.05) is 52.8 Å². The van der Waals surface area contributed by atoms with Crippen molar-refractivity contribution in [3.05, 3.63) is 41.5 Å². The van der Waals surface area contributed by atoms with Crippen LogP contribution in [-0.4, -0.2) is 53.1 Å². The van der Waals surface area contributed by atoms with Crippen molar-refractivity contribution in [1.29, 1.82) is 0 Å². The molecular weight excluding hydrogens is 316 g/mol. The molecule has 0 aromatic heterocycles. The van der Waals surface area contributed by atoms with Gasteiger partial charge in [0.15, 0.2) is 0 Å². The molecule has 5 heteroatoms. The second-order valence-electron chi connectivity index (χ2n) is 7.51. The van der Waals surface area contributed by atoms with Crippen LogP contribution in [0.1, 0.15) is 49.2 Å². The highest BCUT2D eigenvalue weighted by Crippen LogP contribution is 2.21. The number of hydrogen-bond acceptors (Lipinski definition) is 3. The second-order valence-corrected chi connectivity index (χ2v) is 7.51. The number of benzene rings is 1. The van der Waals surface area contributed by atoms with E-state index in [1.54, 1.807) is 15.9 Å². The molecule has 5 nitrogen and oxygen atoms in total. The lowest BCUT2D eigenvalue weighted by molar-refractivity contribution is 0.00198. The summed E-state index contributed by atoms with van der Waals surface area (Å²) in [5.74, 6) is -0.0192. The van der Waals surface area contributed by atoms with Gasteiger partial charge in [-0.3, -0.25) is 4.79 Å². The van der Waals surface area contributed by atoms with Crippen LogP contribution in [0.15, 0.2) is 24.8 Å². The Morgan fingerprint density at radius 1 is 1.28 bits per heavy atom. The maximum absolute atomic E-state index is 12.9. The molecule has 1 atom stereocenters. The standard InChI is InChI=1S/C20H28N2O3/c1-7-16-14(2)9-8-10-17(16)18(23)21-11-12-22(15(3)13-21)19(24)25-20(4,5)6/h7-10,15H,1,11-13H2,2-6H3. The fourth-order valence-electron chi connectivity index (χ4n) is 3.04. The third-order valence-corrected chi connectivity index (χ3v) is 4.30. The molecule has 1 heterocycles. The van der Waals surface area contributed by atoms with E-state index in [0.717, 1.165) is 11.1 Å². The van der Waals surface area contributed by atoms with Crippen LogP contribution in [0.3, 0.4) is 0 Å². The molecule has 1 aliphatic rings. The summed E-state index contributed by atoms with van der Waals surface area (Å²) in [6.45, 7) is 14.7. The highest BCUT2D eigenvalue weighted by molar-refractivity contribution is 5.98. The van der Waals surface area contributed by atoms with Crippen LogP contribution in [0, 0.1) is 6.92 Å². The molecule has 25 heavy (non-hydrogen) atoms. The number of aryl methyl sites for hydroxylation is 1. The second kappa shape index (κ2) is 7.30. The molecule has 2 amide bonds. The average molecular weight is 344 g/mol. The van der Waals surface area contributed by atoms with Gasteiger partial charge in [-0.25, -0.2) is 4.79 Å². The van der Waals surface area contributed by atoms with E-state index < -0.39 is 5.60 Å². The summed E-state index contributed by atoms with van der Waals surface area (Å²) in [7, 11) is 0. The SMILES string of the molecule is C=Cc1c(C)cccc1C(=O)N1CCN(C(=O)OC(C)(C)C)C(C)C1. The third-order valence-electron chi connectivity index (χ3n) is 4.30. The van der Waals surface area contributed by atoms with Gasteiger partial charge in [0.25, 0.3) is 5.91 Å². The molecule has 2 rings (SSSR count). The Labute approximate surface area is 150 Å². The first-order valence-electron chi connectivity index (χ1n) is 8.65. The summed E-state index contributed by atoms with van der Waals surface area (Å²) in [5.41, 5.74) is 2.04. The maximum Gasteiger partial charge on any atom is 0.410 e. The quantitative estimate of drug-likeness (QED) is 0.821. The molecule has 0 radical (unpaired) electrons. The topological polar surface area (TPSA) is 49.9 Å². The van der Waals surface area contributed by atoms with Crippen LogP contribution in [-0.2, 0) is 4.74 Å². The van der Waals surface area contributed by atoms with Crippen molar-refractivity contribution in [2.45, 2.75) is 46.3 Å². The first-order valence-corrected chi connectivity index (χ1v) is 8.65. The van der Waals surface area contributed by atoms with Gasteiger partial charge in [0.2, 0.25) is 0 Å². The molecule has 0 bridgehead atoms. The Morgan fingerprint density at radius 3 is 2.52 bits per heavy atom. The summed E-state index contributed by atoms with van der Waals surface area (Å²) < 4.78 is 5.45. The molecule has 1 aromatic carbocycles. The lowest BCUT2D eigenvalue weighted by atomic mass is 10.0. The molecule has 136 valence electrons. The molecule has 1 unspecified atom stereocenters. The van der Waals surface area contributed by atoms with Gasteiger partial charge in [-0.05, 0) is 51.8 Å².